The lowest BCUT2D eigenvalue weighted by atomic mass is 10.2. The molecule has 0 saturated carbocycles. The van der Waals surface area contributed by atoms with Crippen molar-refractivity contribution in [1.82, 2.24) is 5.32 Å². The molecule has 156 valence electrons. The molecular formula is C17H17Cl3N4O5. The summed E-state index contributed by atoms with van der Waals surface area (Å²) >= 11 is 12.2. The number of hydrogen-bond donors (Lipinski definition) is 3. The Bertz CT molecular complexity index is 885. The number of alkyl halides is 1. The zero-order valence-corrected chi connectivity index (χ0v) is 17.1. The molecule has 0 fully saturated rings. The molecule has 0 aromatic heterocycles. The second-order valence-electron chi connectivity index (χ2n) is 5.43. The van der Waals surface area contributed by atoms with Crippen molar-refractivity contribution >= 4 is 58.8 Å². The minimum atomic E-state index is -2.28. The van der Waals surface area contributed by atoms with Crippen molar-refractivity contribution in [3.8, 4) is 0 Å². The quantitative estimate of drug-likeness (QED) is 0.181. The fourth-order valence-corrected chi connectivity index (χ4v) is 2.52. The molecule has 0 aliphatic heterocycles. The molecule has 0 heterocycles. The van der Waals surface area contributed by atoms with E-state index >= 15 is 0 Å². The van der Waals surface area contributed by atoms with Crippen LogP contribution >= 0.6 is 35.6 Å². The number of carbonyl (C=O) groups excluding carboxylic acids is 2. The van der Waals surface area contributed by atoms with E-state index in [-0.39, 0.29) is 47.5 Å². The number of nitrogens with zero attached hydrogens (tertiary/aromatic N) is 1. The van der Waals surface area contributed by atoms with Crippen LogP contribution in [0.5, 0.6) is 0 Å². The van der Waals surface area contributed by atoms with Crippen LogP contribution in [0, 0.1) is 10.1 Å². The number of non-ortho nitro benzene ring substituents is 1. The van der Waals surface area contributed by atoms with E-state index in [1.54, 1.807) is 18.2 Å². The molecule has 0 bridgehead atoms. The molecule has 0 radical (unpaired) electrons. The number of nitro groups is 1. The van der Waals surface area contributed by atoms with E-state index in [9.17, 15) is 19.7 Å². The summed E-state index contributed by atoms with van der Waals surface area (Å²) in [5, 5.41) is 13.1. The predicted molar refractivity (Wildman–Crippen MR) is 111 cm³/mol. The van der Waals surface area contributed by atoms with Gasteiger partial charge in [-0.05, 0) is 18.2 Å². The Balaban J connectivity index is 0.00000420. The van der Waals surface area contributed by atoms with Crippen molar-refractivity contribution in [3.63, 3.8) is 0 Å². The van der Waals surface area contributed by atoms with E-state index in [1.807, 2.05) is 0 Å². The first kappa shape index (κ1) is 24.6. The standard InChI is InChI=1S/C17H16Cl2N4O5.ClH/c18-13-10-12(23(26)27)6-7-14(13)21-16(25)17(19,28-9-8-20)22-15(24)11-4-2-1-3-5-11;/h1-7,10H,8-9,20H2,(H,21,25)(H,22,24);1H. The summed E-state index contributed by atoms with van der Waals surface area (Å²) < 4.78 is 5.25. The van der Waals surface area contributed by atoms with Crippen LogP contribution < -0.4 is 16.4 Å². The summed E-state index contributed by atoms with van der Waals surface area (Å²) in [7, 11) is 0. The lowest BCUT2D eigenvalue weighted by molar-refractivity contribution is -0.384. The normalized spacial score (nSPS) is 12.2. The Morgan fingerprint density at radius 3 is 2.41 bits per heavy atom. The predicted octanol–water partition coefficient (Wildman–Crippen LogP) is 2.91. The Labute approximate surface area is 182 Å². The van der Waals surface area contributed by atoms with Crippen molar-refractivity contribution in [2.24, 2.45) is 5.73 Å². The first-order valence-corrected chi connectivity index (χ1v) is 8.68. The Morgan fingerprint density at radius 1 is 1.21 bits per heavy atom. The second kappa shape index (κ2) is 10.9. The average Bonchev–Trinajstić information content (AvgIpc) is 2.68. The van der Waals surface area contributed by atoms with Crippen molar-refractivity contribution in [3.05, 3.63) is 69.2 Å². The number of carbonyl (C=O) groups is 2. The molecular weight excluding hydrogens is 447 g/mol. The van der Waals surface area contributed by atoms with E-state index in [0.29, 0.717) is 0 Å². The number of hydrogen-bond acceptors (Lipinski definition) is 6. The molecule has 1 unspecified atom stereocenters. The first-order valence-electron chi connectivity index (χ1n) is 7.92. The lowest BCUT2D eigenvalue weighted by Crippen LogP contribution is -2.55. The van der Waals surface area contributed by atoms with E-state index in [2.05, 4.69) is 10.6 Å². The average molecular weight is 464 g/mol. The Hall–Kier alpha value is -2.43. The highest BCUT2D eigenvalue weighted by atomic mass is 35.5. The first-order chi connectivity index (χ1) is 13.3. The largest absolute Gasteiger partial charge is 0.334 e. The van der Waals surface area contributed by atoms with Gasteiger partial charge in [0.2, 0.25) is 0 Å². The fourth-order valence-electron chi connectivity index (χ4n) is 2.09. The highest BCUT2D eigenvalue weighted by molar-refractivity contribution is 6.38. The smallest absolute Gasteiger partial charge is 0.301 e. The third kappa shape index (κ3) is 6.55. The number of anilines is 1. The van der Waals surface area contributed by atoms with Gasteiger partial charge in [-0.3, -0.25) is 19.7 Å². The molecule has 1 atom stereocenters. The molecule has 0 spiro atoms. The van der Waals surface area contributed by atoms with Gasteiger partial charge in [-0.25, -0.2) is 0 Å². The molecule has 2 rings (SSSR count). The van der Waals surface area contributed by atoms with E-state index in [1.165, 1.54) is 18.2 Å². The number of nitro benzene ring substituents is 1. The lowest BCUT2D eigenvalue weighted by Gasteiger charge is -2.27. The number of nitrogens with one attached hydrogen (secondary N) is 2. The number of halogens is 3. The number of nitrogens with two attached hydrogens (primary N) is 1. The van der Waals surface area contributed by atoms with Gasteiger partial charge in [0, 0.05) is 24.2 Å². The summed E-state index contributed by atoms with van der Waals surface area (Å²) in [5.74, 6) is -1.61. The molecule has 2 aromatic carbocycles. The van der Waals surface area contributed by atoms with Gasteiger partial charge < -0.3 is 21.1 Å². The fraction of sp³-hybridized carbons (Fsp3) is 0.176. The van der Waals surface area contributed by atoms with Crippen LogP contribution in [-0.2, 0) is 9.53 Å². The maximum atomic E-state index is 12.7. The van der Waals surface area contributed by atoms with Crippen molar-refractivity contribution < 1.29 is 19.2 Å². The molecule has 9 nitrogen and oxygen atoms in total. The van der Waals surface area contributed by atoms with Gasteiger partial charge in [-0.15, -0.1) is 12.4 Å². The van der Waals surface area contributed by atoms with Crippen molar-refractivity contribution in [2.45, 2.75) is 5.18 Å². The Kier molecular flexibility index (Phi) is 9.28. The number of amides is 2. The van der Waals surface area contributed by atoms with E-state index in [4.69, 9.17) is 33.7 Å². The van der Waals surface area contributed by atoms with Gasteiger partial charge >= 0.3 is 5.18 Å². The van der Waals surface area contributed by atoms with Gasteiger partial charge in [-0.1, -0.05) is 41.4 Å². The number of ether oxygens (including phenoxy) is 1. The molecule has 4 N–H and O–H groups in total. The molecule has 0 aliphatic carbocycles. The van der Waals surface area contributed by atoms with Gasteiger partial charge in [0.25, 0.3) is 17.5 Å². The maximum Gasteiger partial charge on any atom is 0.301 e. The molecule has 12 heteroatoms. The van der Waals surface area contributed by atoms with Crippen molar-refractivity contribution in [2.75, 3.05) is 18.5 Å². The second-order valence-corrected chi connectivity index (χ2v) is 6.37. The molecule has 2 amide bonds. The highest BCUT2D eigenvalue weighted by Crippen LogP contribution is 2.28. The third-order valence-corrected chi connectivity index (χ3v) is 4.12. The van der Waals surface area contributed by atoms with Gasteiger partial charge in [0.15, 0.2) is 0 Å². The summed E-state index contributed by atoms with van der Waals surface area (Å²) in [6, 6.07) is 11.5. The van der Waals surface area contributed by atoms with Gasteiger partial charge in [-0.2, -0.15) is 0 Å². The molecule has 2 aromatic rings. The van der Waals surface area contributed by atoms with Crippen LogP contribution in [-0.4, -0.2) is 35.1 Å². The zero-order chi connectivity index (χ0) is 20.7. The van der Waals surface area contributed by atoms with Crippen molar-refractivity contribution in [1.29, 1.82) is 0 Å². The molecule has 29 heavy (non-hydrogen) atoms. The highest BCUT2D eigenvalue weighted by Gasteiger charge is 2.40. The van der Waals surface area contributed by atoms with Crippen LogP contribution in [0.25, 0.3) is 0 Å². The van der Waals surface area contributed by atoms with Crippen LogP contribution in [0.2, 0.25) is 5.02 Å². The topological polar surface area (TPSA) is 137 Å². The van der Waals surface area contributed by atoms with E-state index in [0.717, 1.165) is 12.1 Å². The van der Waals surface area contributed by atoms with Crippen LogP contribution in [0.1, 0.15) is 10.4 Å². The number of rotatable bonds is 8. The Morgan fingerprint density at radius 2 is 1.86 bits per heavy atom. The molecule has 0 aliphatic rings. The maximum absolute atomic E-state index is 12.7. The minimum absolute atomic E-state index is 0. The summed E-state index contributed by atoms with van der Waals surface area (Å²) in [4.78, 5) is 35.2. The van der Waals surface area contributed by atoms with Crippen LogP contribution in [0.4, 0.5) is 11.4 Å². The molecule has 0 saturated heterocycles. The van der Waals surface area contributed by atoms with E-state index < -0.39 is 21.9 Å². The summed E-state index contributed by atoms with van der Waals surface area (Å²) in [6.07, 6.45) is 0. The number of benzene rings is 2. The summed E-state index contributed by atoms with van der Waals surface area (Å²) in [6.45, 7) is -0.0821. The van der Waals surface area contributed by atoms with Gasteiger partial charge in [0.05, 0.1) is 22.2 Å². The third-order valence-electron chi connectivity index (χ3n) is 3.43. The van der Waals surface area contributed by atoms with Crippen LogP contribution in [0.3, 0.4) is 0 Å². The van der Waals surface area contributed by atoms with Gasteiger partial charge in [0.1, 0.15) is 0 Å². The van der Waals surface area contributed by atoms with Crippen LogP contribution in [0.15, 0.2) is 48.5 Å². The minimum Gasteiger partial charge on any atom is -0.334 e. The zero-order valence-electron chi connectivity index (χ0n) is 14.8. The summed E-state index contributed by atoms with van der Waals surface area (Å²) in [5.41, 5.74) is 5.44. The SMILES string of the molecule is Cl.NCCOC(Cl)(NC(=O)c1ccccc1)C(=O)Nc1ccc([N+](=O)[O-])cc1Cl. The monoisotopic (exact) mass is 462 g/mol.